The highest BCUT2D eigenvalue weighted by atomic mass is 32.2. The third-order valence-electron chi connectivity index (χ3n) is 2.19. The average Bonchev–Trinajstić information content (AvgIpc) is 2.42. The van der Waals surface area contributed by atoms with Gasteiger partial charge in [-0.1, -0.05) is 5.92 Å². The van der Waals surface area contributed by atoms with E-state index in [4.69, 9.17) is 11.5 Å². The molecule has 1 rings (SSSR count). The topological polar surface area (TPSA) is 95.5 Å². The van der Waals surface area contributed by atoms with Crippen molar-refractivity contribution in [2.45, 2.75) is 4.90 Å². The zero-order chi connectivity index (χ0) is 14.3. The van der Waals surface area contributed by atoms with E-state index in [9.17, 15) is 13.2 Å². The number of hydrogen-bond donors (Lipinski definition) is 3. The van der Waals surface area contributed by atoms with E-state index in [0.29, 0.717) is 5.56 Å². The molecule has 0 fully saturated rings. The Hall–Kier alpha value is -1.88. The first-order chi connectivity index (χ1) is 9.01. The van der Waals surface area contributed by atoms with Gasteiger partial charge in [-0.25, -0.2) is 8.42 Å². The quantitative estimate of drug-likeness (QED) is 0.602. The number of aliphatic hydroxyl groups excluding tert-OH is 1. The number of terminal acetylenes is 1. The normalized spacial score (nSPS) is 10.7. The molecular formula is C12H14N2O4S. The van der Waals surface area contributed by atoms with E-state index in [0.717, 1.165) is 0 Å². The molecule has 0 heterocycles. The summed E-state index contributed by atoms with van der Waals surface area (Å²) in [4.78, 5) is 11.6. The Bertz CT molecular complexity index is 573. The highest BCUT2D eigenvalue weighted by Crippen LogP contribution is 2.10. The van der Waals surface area contributed by atoms with Crippen LogP contribution in [0.15, 0.2) is 29.2 Å². The lowest BCUT2D eigenvalue weighted by molar-refractivity contribution is 0.0944. The fourth-order valence-corrected chi connectivity index (χ4v) is 2.21. The molecule has 0 bridgehead atoms. The van der Waals surface area contributed by atoms with E-state index in [-0.39, 0.29) is 30.5 Å². The molecule has 0 aliphatic carbocycles. The van der Waals surface area contributed by atoms with Gasteiger partial charge in [0.2, 0.25) is 10.0 Å². The fraction of sp³-hybridized carbons (Fsp3) is 0.250. The van der Waals surface area contributed by atoms with Crippen LogP contribution >= 0.6 is 0 Å². The van der Waals surface area contributed by atoms with Crippen molar-refractivity contribution in [1.29, 1.82) is 0 Å². The van der Waals surface area contributed by atoms with Gasteiger partial charge in [0.25, 0.3) is 5.91 Å². The highest BCUT2D eigenvalue weighted by molar-refractivity contribution is 7.89. The van der Waals surface area contributed by atoms with Crippen molar-refractivity contribution in [1.82, 2.24) is 10.0 Å². The summed E-state index contributed by atoms with van der Waals surface area (Å²) < 4.78 is 25.6. The summed E-state index contributed by atoms with van der Waals surface area (Å²) in [5.74, 6) is 1.79. The minimum Gasteiger partial charge on any atom is -0.395 e. The minimum atomic E-state index is -3.65. The lowest BCUT2D eigenvalue weighted by Gasteiger charge is -2.06. The van der Waals surface area contributed by atoms with Gasteiger partial charge in [-0.05, 0) is 24.3 Å². The van der Waals surface area contributed by atoms with Gasteiger partial charge in [0.1, 0.15) is 0 Å². The van der Waals surface area contributed by atoms with Crippen LogP contribution in [0.3, 0.4) is 0 Å². The van der Waals surface area contributed by atoms with Crippen molar-refractivity contribution in [2.75, 3.05) is 19.7 Å². The molecule has 1 aromatic carbocycles. The Labute approximate surface area is 111 Å². The van der Waals surface area contributed by atoms with Crippen molar-refractivity contribution in [3.8, 4) is 12.3 Å². The lowest BCUT2D eigenvalue weighted by atomic mass is 10.2. The van der Waals surface area contributed by atoms with E-state index in [1.165, 1.54) is 24.3 Å². The van der Waals surface area contributed by atoms with Crippen molar-refractivity contribution >= 4 is 15.9 Å². The number of sulfonamides is 1. The predicted molar refractivity (Wildman–Crippen MR) is 69.9 cm³/mol. The minimum absolute atomic E-state index is 0.0291. The molecule has 1 amide bonds. The SMILES string of the molecule is C#CCNS(=O)(=O)c1ccc(C(=O)NCCO)cc1. The largest absolute Gasteiger partial charge is 0.395 e. The molecule has 0 radical (unpaired) electrons. The number of carbonyl (C=O) groups excluding carboxylic acids is 1. The number of rotatable bonds is 6. The molecule has 0 saturated carbocycles. The standard InChI is InChI=1S/C12H14N2O4S/c1-2-7-14-19(17,18)11-5-3-10(4-6-11)12(16)13-8-9-15/h1,3-6,14-15H,7-9H2,(H,13,16). The second-order valence-electron chi connectivity index (χ2n) is 3.53. The summed E-state index contributed by atoms with van der Waals surface area (Å²) in [5.41, 5.74) is 0.310. The fourth-order valence-electron chi connectivity index (χ4n) is 1.28. The van der Waals surface area contributed by atoms with E-state index in [1.54, 1.807) is 0 Å². The third kappa shape index (κ3) is 4.37. The van der Waals surface area contributed by atoms with Gasteiger partial charge in [0.15, 0.2) is 0 Å². The van der Waals surface area contributed by atoms with Crippen LogP contribution in [0.25, 0.3) is 0 Å². The molecule has 7 heteroatoms. The number of amides is 1. The molecule has 19 heavy (non-hydrogen) atoms. The number of nitrogens with one attached hydrogen (secondary N) is 2. The van der Waals surface area contributed by atoms with E-state index in [2.05, 4.69) is 16.0 Å². The van der Waals surface area contributed by atoms with Crippen LogP contribution in [-0.2, 0) is 10.0 Å². The van der Waals surface area contributed by atoms with Gasteiger partial charge in [0.05, 0.1) is 18.0 Å². The molecule has 0 aromatic heterocycles. The second kappa shape index (κ2) is 6.89. The average molecular weight is 282 g/mol. The van der Waals surface area contributed by atoms with Crippen LogP contribution in [-0.4, -0.2) is 39.1 Å². The van der Waals surface area contributed by atoms with Crippen molar-refractivity contribution in [3.63, 3.8) is 0 Å². The summed E-state index contributed by atoms with van der Waals surface area (Å²) in [6.07, 6.45) is 4.97. The van der Waals surface area contributed by atoms with Crippen LogP contribution in [0.5, 0.6) is 0 Å². The molecule has 0 spiro atoms. The Balaban J connectivity index is 2.82. The van der Waals surface area contributed by atoms with Gasteiger partial charge in [0, 0.05) is 12.1 Å². The molecule has 0 aliphatic heterocycles. The number of benzene rings is 1. The maximum Gasteiger partial charge on any atom is 0.251 e. The van der Waals surface area contributed by atoms with Crippen LogP contribution in [0.4, 0.5) is 0 Å². The number of carbonyl (C=O) groups is 1. The molecule has 0 atom stereocenters. The molecule has 0 unspecified atom stereocenters. The molecule has 0 saturated heterocycles. The maximum absolute atomic E-state index is 11.7. The molecule has 3 N–H and O–H groups in total. The first-order valence-corrected chi connectivity index (χ1v) is 6.92. The van der Waals surface area contributed by atoms with Crippen LogP contribution in [0, 0.1) is 12.3 Å². The summed E-state index contributed by atoms with van der Waals surface area (Å²) in [5, 5.41) is 11.0. The van der Waals surface area contributed by atoms with Crippen LogP contribution < -0.4 is 10.0 Å². The van der Waals surface area contributed by atoms with Crippen molar-refractivity contribution in [2.24, 2.45) is 0 Å². The first-order valence-electron chi connectivity index (χ1n) is 5.43. The first kappa shape index (κ1) is 15.2. The maximum atomic E-state index is 11.7. The molecule has 102 valence electrons. The number of hydrogen-bond acceptors (Lipinski definition) is 4. The van der Waals surface area contributed by atoms with Gasteiger partial charge in [-0.3, -0.25) is 4.79 Å². The van der Waals surface area contributed by atoms with Gasteiger partial charge in [-0.15, -0.1) is 6.42 Å². The summed E-state index contributed by atoms with van der Waals surface area (Å²) in [7, 11) is -3.65. The second-order valence-corrected chi connectivity index (χ2v) is 5.30. The third-order valence-corrected chi connectivity index (χ3v) is 3.61. The zero-order valence-electron chi connectivity index (χ0n) is 10.1. The van der Waals surface area contributed by atoms with Gasteiger partial charge >= 0.3 is 0 Å². The van der Waals surface area contributed by atoms with E-state index < -0.39 is 10.0 Å². The molecular weight excluding hydrogens is 268 g/mol. The van der Waals surface area contributed by atoms with E-state index in [1.807, 2.05) is 0 Å². The zero-order valence-corrected chi connectivity index (χ0v) is 10.9. The lowest BCUT2D eigenvalue weighted by Crippen LogP contribution is -2.27. The summed E-state index contributed by atoms with van der Waals surface area (Å²) in [6.45, 7) is -0.113. The Kier molecular flexibility index (Phi) is 5.51. The van der Waals surface area contributed by atoms with Gasteiger partial charge in [-0.2, -0.15) is 4.72 Å². The molecule has 0 aliphatic rings. The summed E-state index contributed by atoms with van der Waals surface area (Å²) in [6, 6.07) is 5.40. The van der Waals surface area contributed by atoms with Crippen LogP contribution in [0.1, 0.15) is 10.4 Å². The Morgan fingerprint density at radius 1 is 1.32 bits per heavy atom. The predicted octanol–water partition coefficient (Wildman–Crippen LogP) is -0.680. The monoisotopic (exact) mass is 282 g/mol. The summed E-state index contributed by atoms with van der Waals surface area (Å²) >= 11 is 0. The molecule has 6 nitrogen and oxygen atoms in total. The Morgan fingerprint density at radius 3 is 2.47 bits per heavy atom. The van der Waals surface area contributed by atoms with Crippen molar-refractivity contribution in [3.05, 3.63) is 29.8 Å². The van der Waals surface area contributed by atoms with Gasteiger partial charge < -0.3 is 10.4 Å². The van der Waals surface area contributed by atoms with Crippen molar-refractivity contribution < 1.29 is 18.3 Å². The smallest absolute Gasteiger partial charge is 0.251 e. The molecule has 1 aromatic rings. The number of aliphatic hydroxyl groups is 1. The highest BCUT2D eigenvalue weighted by Gasteiger charge is 2.13. The van der Waals surface area contributed by atoms with E-state index >= 15 is 0 Å². The van der Waals surface area contributed by atoms with Crippen LogP contribution in [0.2, 0.25) is 0 Å². The Morgan fingerprint density at radius 2 is 1.95 bits per heavy atom.